The first-order valence-corrected chi connectivity index (χ1v) is 7.00. The summed E-state index contributed by atoms with van der Waals surface area (Å²) in [5.41, 5.74) is 4.09. The van der Waals surface area contributed by atoms with Gasteiger partial charge in [-0.15, -0.1) is 11.3 Å². The lowest BCUT2D eigenvalue weighted by molar-refractivity contribution is 0.560. The van der Waals surface area contributed by atoms with E-state index in [1.807, 2.05) is 24.1 Å². The topological polar surface area (TPSA) is 55.9 Å². The van der Waals surface area contributed by atoms with Crippen molar-refractivity contribution in [3.8, 4) is 0 Å². The van der Waals surface area contributed by atoms with Gasteiger partial charge in [0.2, 0.25) is 0 Å². The Morgan fingerprint density at radius 2 is 2.26 bits per heavy atom. The molecule has 98 valence electrons. The molecule has 0 saturated heterocycles. The van der Waals surface area contributed by atoms with E-state index in [1.54, 1.807) is 11.3 Å². The monoisotopic (exact) mass is 272 g/mol. The number of nitrogens with one attached hydrogen (secondary N) is 1. The molecule has 1 atom stereocenters. The maximum absolute atomic E-state index is 5.71. The van der Waals surface area contributed by atoms with Crippen molar-refractivity contribution in [3.05, 3.63) is 53.2 Å². The molecule has 3 N–H and O–H groups in total. The van der Waals surface area contributed by atoms with Crippen LogP contribution in [0, 0.1) is 0 Å². The average molecular weight is 272 g/mol. The van der Waals surface area contributed by atoms with Gasteiger partial charge in [-0.1, -0.05) is 18.2 Å². The fraction of sp³-hybridized carbons (Fsp3) is 0.214. The van der Waals surface area contributed by atoms with Crippen molar-refractivity contribution < 1.29 is 0 Å². The SMILES string of the molecule is Cn1cc(CC(NN)c2cc3ccccc3s2)cn1. The molecule has 1 unspecified atom stereocenters. The molecule has 0 spiro atoms. The number of hydrazine groups is 1. The first-order valence-electron chi connectivity index (χ1n) is 6.18. The summed E-state index contributed by atoms with van der Waals surface area (Å²) in [6.45, 7) is 0. The molecule has 0 aliphatic carbocycles. The first kappa shape index (κ1) is 12.3. The van der Waals surface area contributed by atoms with Gasteiger partial charge < -0.3 is 0 Å². The summed E-state index contributed by atoms with van der Waals surface area (Å²) < 4.78 is 3.11. The molecule has 3 rings (SSSR count). The van der Waals surface area contributed by atoms with Crippen LogP contribution in [-0.4, -0.2) is 9.78 Å². The van der Waals surface area contributed by atoms with Gasteiger partial charge in [0.1, 0.15) is 0 Å². The Morgan fingerprint density at radius 1 is 1.42 bits per heavy atom. The summed E-state index contributed by atoms with van der Waals surface area (Å²) in [7, 11) is 1.92. The molecule has 0 amide bonds. The molecule has 0 radical (unpaired) electrons. The van der Waals surface area contributed by atoms with E-state index in [4.69, 9.17) is 5.84 Å². The van der Waals surface area contributed by atoms with E-state index in [-0.39, 0.29) is 6.04 Å². The highest BCUT2D eigenvalue weighted by Gasteiger charge is 2.14. The Morgan fingerprint density at radius 3 is 2.95 bits per heavy atom. The highest BCUT2D eigenvalue weighted by atomic mass is 32.1. The predicted molar refractivity (Wildman–Crippen MR) is 78.8 cm³/mol. The summed E-state index contributed by atoms with van der Waals surface area (Å²) in [6.07, 6.45) is 4.76. The fourth-order valence-electron chi connectivity index (χ4n) is 2.23. The third-order valence-electron chi connectivity index (χ3n) is 3.19. The lowest BCUT2D eigenvalue weighted by atomic mass is 10.1. The molecular formula is C14H16N4S. The number of aromatic nitrogens is 2. The summed E-state index contributed by atoms with van der Waals surface area (Å²) >= 11 is 1.79. The number of hydrogen-bond donors (Lipinski definition) is 2. The minimum atomic E-state index is 0.126. The number of fused-ring (bicyclic) bond motifs is 1. The summed E-state index contributed by atoms with van der Waals surface area (Å²) in [5.74, 6) is 5.71. The van der Waals surface area contributed by atoms with Gasteiger partial charge in [0.15, 0.2) is 0 Å². The number of rotatable bonds is 4. The van der Waals surface area contributed by atoms with Crippen LogP contribution in [0.2, 0.25) is 0 Å². The number of hydrogen-bond acceptors (Lipinski definition) is 4. The van der Waals surface area contributed by atoms with E-state index in [0.29, 0.717) is 0 Å². The summed E-state index contributed by atoms with van der Waals surface area (Å²) in [6, 6.07) is 10.7. The van der Waals surface area contributed by atoms with E-state index in [1.165, 1.54) is 20.5 Å². The van der Waals surface area contributed by atoms with Crippen LogP contribution in [0.5, 0.6) is 0 Å². The first-order chi connectivity index (χ1) is 9.26. The highest BCUT2D eigenvalue weighted by molar-refractivity contribution is 7.19. The fourth-order valence-corrected chi connectivity index (χ4v) is 3.35. The smallest absolute Gasteiger partial charge is 0.0595 e. The van der Waals surface area contributed by atoms with Gasteiger partial charge >= 0.3 is 0 Å². The molecule has 2 aromatic heterocycles. The van der Waals surface area contributed by atoms with Gasteiger partial charge in [0.05, 0.1) is 12.2 Å². The molecule has 4 nitrogen and oxygen atoms in total. The van der Waals surface area contributed by atoms with Gasteiger partial charge in [-0.2, -0.15) is 5.10 Å². The lowest BCUT2D eigenvalue weighted by Crippen LogP contribution is -2.28. The molecule has 0 bridgehead atoms. The Hall–Kier alpha value is -1.69. The second-order valence-corrected chi connectivity index (χ2v) is 5.75. The largest absolute Gasteiger partial charge is 0.276 e. The maximum Gasteiger partial charge on any atom is 0.0595 e. The van der Waals surface area contributed by atoms with E-state index >= 15 is 0 Å². The zero-order valence-corrected chi connectivity index (χ0v) is 11.5. The third kappa shape index (κ3) is 2.53. The van der Waals surface area contributed by atoms with Gasteiger partial charge in [0, 0.05) is 22.8 Å². The molecule has 5 heteroatoms. The second kappa shape index (κ2) is 5.13. The van der Waals surface area contributed by atoms with E-state index in [2.05, 4.69) is 40.9 Å². The van der Waals surface area contributed by atoms with Crippen LogP contribution >= 0.6 is 11.3 Å². The van der Waals surface area contributed by atoms with Crippen LogP contribution in [0.4, 0.5) is 0 Å². The summed E-state index contributed by atoms with van der Waals surface area (Å²) in [5, 5.41) is 5.46. The summed E-state index contributed by atoms with van der Waals surface area (Å²) in [4.78, 5) is 1.26. The molecular weight excluding hydrogens is 256 g/mol. The minimum absolute atomic E-state index is 0.126. The number of thiophene rings is 1. The van der Waals surface area contributed by atoms with Crippen LogP contribution in [0.1, 0.15) is 16.5 Å². The van der Waals surface area contributed by atoms with Crippen LogP contribution in [0.15, 0.2) is 42.7 Å². The molecule has 19 heavy (non-hydrogen) atoms. The van der Waals surface area contributed by atoms with Crippen LogP contribution in [0.25, 0.3) is 10.1 Å². The Bertz CT molecular complexity index is 652. The standard InChI is InChI=1S/C14H16N4S/c1-18-9-10(8-16-18)6-12(17-15)14-7-11-4-2-3-5-13(11)19-14/h2-5,7-9,12,17H,6,15H2,1H3. The van der Waals surface area contributed by atoms with E-state index in [0.717, 1.165) is 6.42 Å². The number of aryl methyl sites for hydroxylation is 1. The van der Waals surface area contributed by atoms with Crippen molar-refractivity contribution in [2.45, 2.75) is 12.5 Å². The zero-order chi connectivity index (χ0) is 13.2. The van der Waals surface area contributed by atoms with Crippen molar-refractivity contribution in [2.24, 2.45) is 12.9 Å². The number of nitrogens with zero attached hydrogens (tertiary/aromatic N) is 2. The van der Waals surface area contributed by atoms with Crippen LogP contribution in [-0.2, 0) is 13.5 Å². The molecule has 0 fully saturated rings. The highest BCUT2D eigenvalue weighted by Crippen LogP contribution is 2.30. The number of nitrogens with two attached hydrogens (primary N) is 1. The Kier molecular flexibility index (Phi) is 3.33. The Labute approximate surface area is 115 Å². The van der Waals surface area contributed by atoms with Crippen molar-refractivity contribution in [1.29, 1.82) is 0 Å². The van der Waals surface area contributed by atoms with Crippen LogP contribution in [0.3, 0.4) is 0 Å². The quantitative estimate of drug-likeness (QED) is 0.566. The van der Waals surface area contributed by atoms with Gasteiger partial charge in [-0.3, -0.25) is 16.0 Å². The normalized spacial score (nSPS) is 12.9. The van der Waals surface area contributed by atoms with Crippen LogP contribution < -0.4 is 11.3 Å². The van der Waals surface area contributed by atoms with Gasteiger partial charge in [-0.25, -0.2) is 0 Å². The second-order valence-electron chi connectivity index (χ2n) is 4.63. The van der Waals surface area contributed by atoms with Gasteiger partial charge in [0.25, 0.3) is 0 Å². The van der Waals surface area contributed by atoms with E-state index < -0.39 is 0 Å². The lowest BCUT2D eigenvalue weighted by Gasteiger charge is -2.12. The number of benzene rings is 1. The molecule has 0 saturated carbocycles. The average Bonchev–Trinajstić information content (AvgIpc) is 3.01. The zero-order valence-electron chi connectivity index (χ0n) is 10.7. The molecule has 0 aliphatic heterocycles. The molecule has 0 aliphatic rings. The van der Waals surface area contributed by atoms with Gasteiger partial charge in [-0.05, 0) is 29.5 Å². The van der Waals surface area contributed by atoms with E-state index in [9.17, 15) is 0 Å². The maximum atomic E-state index is 5.71. The van der Waals surface area contributed by atoms with Crippen molar-refractivity contribution in [2.75, 3.05) is 0 Å². The van der Waals surface area contributed by atoms with Crippen molar-refractivity contribution >= 4 is 21.4 Å². The molecule has 1 aromatic carbocycles. The molecule has 2 heterocycles. The predicted octanol–water partition coefficient (Wildman–Crippen LogP) is 2.38. The third-order valence-corrected chi connectivity index (χ3v) is 4.42. The van der Waals surface area contributed by atoms with Crippen molar-refractivity contribution in [3.63, 3.8) is 0 Å². The minimum Gasteiger partial charge on any atom is -0.276 e. The van der Waals surface area contributed by atoms with Crippen molar-refractivity contribution in [1.82, 2.24) is 15.2 Å². The Balaban J connectivity index is 1.88. The molecule has 3 aromatic rings.